The standard InChI is InChI=1S/C21H28N2O6/c1-21(2,3)29-19(25)22-12-13-23(17(14-22)10-11-18(24)27-4)20(26)28-15-16-8-6-5-7-9-16/h5-11,17H,12-15H2,1-4H3/t17-/m0/s1. The third-order valence-corrected chi connectivity index (χ3v) is 4.17. The molecule has 1 aromatic rings. The van der Waals surface area contributed by atoms with Crippen LogP contribution in [0.2, 0.25) is 0 Å². The number of carbonyl (C=O) groups excluding carboxylic acids is 3. The third kappa shape index (κ3) is 7.14. The number of hydrogen-bond donors (Lipinski definition) is 0. The summed E-state index contributed by atoms with van der Waals surface area (Å²) in [6.45, 7) is 6.24. The van der Waals surface area contributed by atoms with Gasteiger partial charge in [-0.05, 0) is 26.3 Å². The number of amides is 2. The van der Waals surface area contributed by atoms with Crippen LogP contribution in [0.3, 0.4) is 0 Å². The molecule has 1 aliphatic rings. The zero-order chi connectivity index (χ0) is 21.4. The third-order valence-electron chi connectivity index (χ3n) is 4.17. The molecule has 0 aromatic heterocycles. The van der Waals surface area contributed by atoms with Crippen molar-refractivity contribution in [1.82, 2.24) is 9.80 Å². The number of esters is 1. The number of benzene rings is 1. The lowest BCUT2D eigenvalue weighted by Crippen LogP contribution is -2.56. The van der Waals surface area contributed by atoms with Crippen LogP contribution >= 0.6 is 0 Å². The molecule has 1 heterocycles. The summed E-state index contributed by atoms with van der Waals surface area (Å²) >= 11 is 0. The molecule has 1 aliphatic heterocycles. The Labute approximate surface area is 171 Å². The summed E-state index contributed by atoms with van der Waals surface area (Å²) in [6.07, 6.45) is 1.79. The van der Waals surface area contributed by atoms with Gasteiger partial charge in [0.1, 0.15) is 12.2 Å². The van der Waals surface area contributed by atoms with Crippen molar-refractivity contribution in [2.45, 2.75) is 39.0 Å². The van der Waals surface area contributed by atoms with Crippen molar-refractivity contribution in [2.75, 3.05) is 26.7 Å². The zero-order valence-corrected chi connectivity index (χ0v) is 17.3. The van der Waals surface area contributed by atoms with Gasteiger partial charge in [-0.2, -0.15) is 0 Å². The molecule has 0 spiro atoms. The van der Waals surface area contributed by atoms with E-state index >= 15 is 0 Å². The van der Waals surface area contributed by atoms with Crippen LogP contribution in [0.15, 0.2) is 42.5 Å². The van der Waals surface area contributed by atoms with Crippen LogP contribution in [0, 0.1) is 0 Å². The Kier molecular flexibility index (Phi) is 7.64. The van der Waals surface area contributed by atoms with Gasteiger partial charge in [-0.15, -0.1) is 0 Å². The number of rotatable bonds is 4. The summed E-state index contributed by atoms with van der Waals surface area (Å²) in [6, 6.07) is 8.80. The Morgan fingerprint density at radius 3 is 2.41 bits per heavy atom. The van der Waals surface area contributed by atoms with Crippen LogP contribution < -0.4 is 0 Å². The average molecular weight is 404 g/mol. The summed E-state index contributed by atoms with van der Waals surface area (Å²) in [5.41, 5.74) is 0.245. The molecule has 0 aliphatic carbocycles. The van der Waals surface area contributed by atoms with Crippen molar-refractivity contribution in [1.29, 1.82) is 0 Å². The second kappa shape index (κ2) is 9.95. The highest BCUT2D eigenvalue weighted by Crippen LogP contribution is 2.17. The van der Waals surface area contributed by atoms with E-state index in [9.17, 15) is 14.4 Å². The zero-order valence-electron chi connectivity index (χ0n) is 17.3. The van der Waals surface area contributed by atoms with Crippen LogP contribution in [0.5, 0.6) is 0 Å². The minimum atomic E-state index is -0.625. The molecule has 2 rings (SSSR count). The minimum absolute atomic E-state index is 0.138. The van der Waals surface area contributed by atoms with Crippen LogP contribution in [0.1, 0.15) is 26.3 Å². The molecule has 0 unspecified atom stereocenters. The lowest BCUT2D eigenvalue weighted by molar-refractivity contribution is -0.134. The smallest absolute Gasteiger partial charge is 0.410 e. The van der Waals surface area contributed by atoms with E-state index in [-0.39, 0.29) is 19.7 Å². The van der Waals surface area contributed by atoms with Crippen molar-refractivity contribution in [3.05, 3.63) is 48.0 Å². The topological polar surface area (TPSA) is 85.4 Å². The highest BCUT2D eigenvalue weighted by atomic mass is 16.6. The van der Waals surface area contributed by atoms with E-state index in [1.54, 1.807) is 20.8 Å². The molecule has 1 fully saturated rings. The molecule has 0 N–H and O–H groups in total. The maximum Gasteiger partial charge on any atom is 0.410 e. The Hall–Kier alpha value is -3.03. The molecule has 158 valence electrons. The molecule has 1 atom stereocenters. The monoisotopic (exact) mass is 404 g/mol. The van der Waals surface area contributed by atoms with Gasteiger partial charge < -0.3 is 19.1 Å². The van der Waals surface area contributed by atoms with E-state index in [1.165, 1.54) is 29.1 Å². The first-order valence-corrected chi connectivity index (χ1v) is 9.41. The fraction of sp³-hybridized carbons (Fsp3) is 0.476. The van der Waals surface area contributed by atoms with Gasteiger partial charge in [0.15, 0.2) is 0 Å². The Bertz CT molecular complexity index is 741. The fourth-order valence-corrected chi connectivity index (χ4v) is 2.75. The predicted octanol–water partition coefficient (Wildman–Crippen LogP) is 2.97. The van der Waals surface area contributed by atoms with Gasteiger partial charge in [0, 0.05) is 25.7 Å². The van der Waals surface area contributed by atoms with Crippen molar-refractivity contribution >= 4 is 18.2 Å². The van der Waals surface area contributed by atoms with Crippen LogP contribution in [0.25, 0.3) is 0 Å². The number of ether oxygens (including phenoxy) is 3. The van der Waals surface area contributed by atoms with Gasteiger partial charge in [0.05, 0.1) is 13.2 Å². The Balaban J connectivity index is 2.07. The fourth-order valence-electron chi connectivity index (χ4n) is 2.75. The van der Waals surface area contributed by atoms with Gasteiger partial charge >= 0.3 is 18.2 Å². The molecular weight excluding hydrogens is 376 g/mol. The SMILES string of the molecule is COC(=O)C=C[C@H]1CN(C(=O)OC(C)(C)C)CCN1C(=O)OCc1ccccc1. The lowest BCUT2D eigenvalue weighted by Gasteiger charge is -2.39. The van der Waals surface area contributed by atoms with Gasteiger partial charge in [-0.3, -0.25) is 4.90 Å². The van der Waals surface area contributed by atoms with E-state index in [0.29, 0.717) is 6.54 Å². The number of carbonyl (C=O) groups is 3. The maximum atomic E-state index is 12.6. The average Bonchev–Trinajstić information content (AvgIpc) is 2.69. The molecule has 0 bridgehead atoms. The van der Waals surface area contributed by atoms with Crippen molar-refractivity contribution < 1.29 is 28.6 Å². The predicted molar refractivity (Wildman–Crippen MR) is 106 cm³/mol. The highest BCUT2D eigenvalue weighted by Gasteiger charge is 2.34. The molecule has 0 radical (unpaired) electrons. The number of nitrogens with zero attached hydrogens (tertiary/aromatic N) is 2. The Morgan fingerprint density at radius 1 is 1.10 bits per heavy atom. The first-order chi connectivity index (χ1) is 13.7. The van der Waals surface area contributed by atoms with E-state index in [4.69, 9.17) is 9.47 Å². The highest BCUT2D eigenvalue weighted by molar-refractivity contribution is 5.82. The molecule has 0 saturated carbocycles. The summed E-state index contributed by atoms with van der Waals surface area (Å²) in [5, 5.41) is 0. The molecule has 2 amide bonds. The van der Waals surface area contributed by atoms with Gasteiger partial charge in [-0.25, -0.2) is 14.4 Å². The van der Waals surface area contributed by atoms with E-state index in [0.717, 1.165) is 5.56 Å². The molecular formula is C21H28N2O6. The molecule has 1 saturated heterocycles. The normalized spacial score (nSPS) is 17.2. The van der Waals surface area contributed by atoms with Crippen molar-refractivity contribution in [3.63, 3.8) is 0 Å². The summed E-state index contributed by atoms with van der Waals surface area (Å²) < 4.78 is 15.4. The minimum Gasteiger partial charge on any atom is -0.466 e. The largest absolute Gasteiger partial charge is 0.466 e. The number of hydrogen-bond acceptors (Lipinski definition) is 6. The second-order valence-corrected chi connectivity index (χ2v) is 7.61. The quantitative estimate of drug-likeness (QED) is 0.436. The summed E-state index contributed by atoms with van der Waals surface area (Å²) in [4.78, 5) is 39.5. The van der Waals surface area contributed by atoms with E-state index < -0.39 is 29.8 Å². The van der Waals surface area contributed by atoms with E-state index in [2.05, 4.69) is 4.74 Å². The first kappa shape index (κ1) is 22.3. The molecule has 1 aromatic carbocycles. The van der Waals surface area contributed by atoms with Gasteiger partial charge in [0.2, 0.25) is 0 Å². The van der Waals surface area contributed by atoms with Crippen LogP contribution in [-0.2, 0) is 25.6 Å². The van der Waals surface area contributed by atoms with Crippen molar-refractivity contribution in [2.24, 2.45) is 0 Å². The molecule has 8 nitrogen and oxygen atoms in total. The summed E-state index contributed by atoms with van der Waals surface area (Å²) in [7, 11) is 1.27. The molecule has 29 heavy (non-hydrogen) atoms. The number of methoxy groups -OCH3 is 1. The van der Waals surface area contributed by atoms with Crippen LogP contribution in [0.4, 0.5) is 9.59 Å². The van der Waals surface area contributed by atoms with Crippen LogP contribution in [-0.4, -0.2) is 66.3 Å². The molecule has 8 heteroatoms. The second-order valence-electron chi connectivity index (χ2n) is 7.61. The Morgan fingerprint density at radius 2 is 1.79 bits per heavy atom. The lowest BCUT2D eigenvalue weighted by atomic mass is 10.1. The maximum absolute atomic E-state index is 12.6. The van der Waals surface area contributed by atoms with Gasteiger partial charge in [-0.1, -0.05) is 36.4 Å². The first-order valence-electron chi connectivity index (χ1n) is 9.41. The number of piperazine rings is 1. The van der Waals surface area contributed by atoms with E-state index in [1.807, 2.05) is 30.3 Å². The summed E-state index contributed by atoms with van der Waals surface area (Å²) in [5.74, 6) is -0.544. The van der Waals surface area contributed by atoms with Crippen molar-refractivity contribution in [3.8, 4) is 0 Å². The van der Waals surface area contributed by atoms with Gasteiger partial charge in [0.25, 0.3) is 0 Å².